The van der Waals surface area contributed by atoms with Gasteiger partial charge < -0.3 is 5.32 Å². The van der Waals surface area contributed by atoms with Crippen LogP contribution in [0, 0.1) is 6.92 Å². The Morgan fingerprint density at radius 1 is 1.22 bits per heavy atom. The first-order valence-electron chi connectivity index (χ1n) is 7.76. The lowest BCUT2D eigenvalue weighted by Gasteiger charge is -2.09. The van der Waals surface area contributed by atoms with E-state index < -0.39 is 30.0 Å². The van der Waals surface area contributed by atoms with Crippen LogP contribution in [0.25, 0.3) is 11.0 Å². The van der Waals surface area contributed by atoms with Crippen LogP contribution in [0.4, 0.5) is 23.2 Å². The standard InChI is InChI=1S/C17H13ClF4N4O/c1-8-14-11(15(19)20)6-12(16(21)22)24-17(14)26(25-8)7-13(27)23-10-4-2-3-9(18)5-10/h2-6,15-16H,7H2,1H3,(H,23,27). The van der Waals surface area contributed by atoms with Crippen molar-refractivity contribution >= 4 is 34.2 Å². The Kier molecular flexibility index (Phi) is 5.31. The topological polar surface area (TPSA) is 59.8 Å². The molecule has 1 N–H and O–H groups in total. The third-order valence-electron chi connectivity index (χ3n) is 3.79. The first-order valence-corrected chi connectivity index (χ1v) is 8.13. The van der Waals surface area contributed by atoms with Crippen molar-refractivity contribution in [3.63, 3.8) is 0 Å². The van der Waals surface area contributed by atoms with Gasteiger partial charge >= 0.3 is 0 Å². The van der Waals surface area contributed by atoms with Crippen LogP contribution in [0.5, 0.6) is 0 Å². The van der Waals surface area contributed by atoms with E-state index in [-0.39, 0.29) is 23.3 Å². The van der Waals surface area contributed by atoms with Crippen molar-refractivity contribution < 1.29 is 22.4 Å². The summed E-state index contributed by atoms with van der Waals surface area (Å²) in [6.07, 6.45) is -6.01. The normalized spacial score (nSPS) is 11.6. The Hall–Kier alpha value is -2.68. The van der Waals surface area contributed by atoms with Gasteiger partial charge in [0.1, 0.15) is 12.2 Å². The number of pyridine rings is 1. The SMILES string of the molecule is Cc1nn(CC(=O)Nc2cccc(Cl)c2)c2nc(C(F)F)cc(C(F)F)c12. The number of halogens is 5. The number of aromatic nitrogens is 3. The summed E-state index contributed by atoms with van der Waals surface area (Å²) in [5, 5.41) is 6.97. The number of fused-ring (bicyclic) bond motifs is 1. The largest absolute Gasteiger partial charge is 0.324 e. The van der Waals surface area contributed by atoms with Crippen molar-refractivity contribution in [1.29, 1.82) is 0 Å². The van der Waals surface area contributed by atoms with Crippen LogP contribution in [0.3, 0.4) is 0 Å². The maximum absolute atomic E-state index is 13.3. The fourth-order valence-corrected chi connectivity index (χ4v) is 2.89. The Bertz CT molecular complexity index is 1010. The number of rotatable bonds is 5. The molecular formula is C17H13ClF4N4O. The summed E-state index contributed by atoms with van der Waals surface area (Å²) in [6.45, 7) is 1.06. The second-order valence-corrected chi connectivity index (χ2v) is 6.17. The molecule has 2 aromatic heterocycles. The highest BCUT2D eigenvalue weighted by Crippen LogP contribution is 2.32. The molecule has 3 rings (SSSR count). The van der Waals surface area contributed by atoms with Gasteiger partial charge in [-0.3, -0.25) is 4.79 Å². The van der Waals surface area contributed by atoms with E-state index in [0.717, 1.165) is 4.68 Å². The molecule has 0 saturated heterocycles. The number of nitrogens with zero attached hydrogens (tertiary/aromatic N) is 3. The Morgan fingerprint density at radius 2 is 1.96 bits per heavy atom. The van der Waals surface area contributed by atoms with Gasteiger partial charge in [0.05, 0.1) is 11.1 Å². The molecule has 0 fully saturated rings. The van der Waals surface area contributed by atoms with Crippen molar-refractivity contribution in [2.75, 3.05) is 5.32 Å². The van der Waals surface area contributed by atoms with Gasteiger partial charge in [0.15, 0.2) is 5.65 Å². The third-order valence-corrected chi connectivity index (χ3v) is 4.02. The number of carbonyl (C=O) groups is 1. The minimum absolute atomic E-state index is 0.0371. The van der Waals surface area contributed by atoms with Crippen molar-refractivity contribution in [2.24, 2.45) is 0 Å². The lowest BCUT2D eigenvalue weighted by molar-refractivity contribution is -0.116. The first-order chi connectivity index (χ1) is 12.8. The lowest BCUT2D eigenvalue weighted by atomic mass is 10.1. The average molecular weight is 401 g/mol. The van der Waals surface area contributed by atoms with Crippen LogP contribution in [0.15, 0.2) is 30.3 Å². The molecule has 10 heteroatoms. The smallest absolute Gasteiger partial charge is 0.280 e. The second-order valence-electron chi connectivity index (χ2n) is 5.74. The number of alkyl halides is 4. The van der Waals surface area contributed by atoms with Gasteiger partial charge in [-0.15, -0.1) is 0 Å². The van der Waals surface area contributed by atoms with Crippen molar-refractivity contribution in [2.45, 2.75) is 26.3 Å². The maximum Gasteiger partial charge on any atom is 0.280 e. The number of hydrogen-bond acceptors (Lipinski definition) is 3. The zero-order chi connectivity index (χ0) is 19.7. The van der Waals surface area contributed by atoms with Gasteiger partial charge in [-0.2, -0.15) is 5.10 Å². The molecule has 0 aliphatic rings. The molecule has 142 valence electrons. The summed E-state index contributed by atoms with van der Waals surface area (Å²) in [5.41, 5.74) is -0.982. The van der Waals surface area contributed by atoms with Gasteiger partial charge in [0, 0.05) is 16.3 Å². The van der Waals surface area contributed by atoms with Crippen molar-refractivity contribution in [3.8, 4) is 0 Å². The fourth-order valence-electron chi connectivity index (χ4n) is 2.70. The number of benzene rings is 1. The molecule has 0 atom stereocenters. The van der Waals surface area contributed by atoms with Crippen molar-refractivity contribution in [1.82, 2.24) is 14.8 Å². The van der Waals surface area contributed by atoms with E-state index in [0.29, 0.717) is 16.8 Å². The highest BCUT2D eigenvalue weighted by atomic mass is 35.5. The molecule has 0 radical (unpaired) electrons. The Morgan fingerprint density at radius 3 is 2.59 bits per heavy atom. The Balaban J connectivity index is 1.98. The summed E-state index contributed by atoms with van der Waals surface area (Å²) in [6, 6.07) is 7.06. The van der Waals surface area contributed by atoms with Crippen LogP contribution in [0.2, 0.25) is 5.02 Å². The van der Waals surface area contributed by atoms with E-state index in [2.05, 4.69) is 15.4 Å². The van der Waals surface area contributed by atoms with Crippen LogP contribution >= 0.6 is 11.6 Å². The first kappa shape index (κ1) is 19.1. The molecule has 1 amide bonds. The Labute approximate surface area is 155 Å². The zero-order valence-electron chi connectivity index (χ0n) is 13.9. The third kappa shape index (κ3) is 4.02. The summed E-state index contributed by atoms with van der Waals surface area (Å²) in [5.74, 6) is -0.537. The van der Waals surface area contributed by atoms with Crippen LogP contribution in [-0.4, -0.2) is 20.7 Å². The van der Waals surface area contributed by atoms with Gasteiger partial charge in [-0.1, -0.05) is 17.7 Å². The molecule has 0 spiro atoms. The monoisotopic (exact) mass is 400 g/mol. The number of carbonyl (C=O) groups excluding carboxylic acids is 1. The fraction of sp³-hybridized carbons (Fsp3) is 0.235. The predicted octanol–water partition coefficient (Wildman–Crippen LogP) is 4.91. The molecule has 0 aliphatic carbocycles. The zero-order valence-corrected chi connectivity index (χ0v) is 14.6. The van der Waals surface area contributed by atoms with E-state index in [1.165, 1.54) is 13.0 Å². The summed E-state index contributed by atoms with van der Waals surface area (Å²) in [4.78, 5) is 16.0. The van der Waals surface area contributed by atoms with E-state index in [4.69, 9.17) is 11.6 Å². The van der Waals surface area contributed by atoms with Gasteiger partial charge in [0.25, 0.3) is 12.9 Å². The highest BCUT2D eigenvalue weighted by Gasteiger charge is 2.23. The van der Waals surface area contributed by atoms with Crippen LogP contribution in [0.1, 0.15) is 29.8 Å². The van der Waals surface area contributed by atoms with Gasteiger partial charge in [-0.25, -0.2) is 27.2 Å². The molecule has 0 saturated carbocycles. The lowest BCUT2D eigenvalue weighted by Crippen LogP contribution is -2.20. The number of anilines is 1. The minimum Gasteiger partial charge on any atom is -0.324 e. The summed E-state index contributed by atoms with van der Waals surface area (Å²) < 4.78 is 53.7. The molecule has 0 aliphatic heterocycles. The molecular weight excluding hydrogens is 388 g/mol. The van der Waals surface area contributed by atoms with Crippen molar-refractivity contribution in [3.05, 3.63) is 52.3 Å². The molecule has 1 aromatic carbocycles. The van der Waals surface area contributed by atoms with E-state index in [1.54, 1.807) is 18.2 Å². The number of hydrogen-bond donors (Lipinski definition) is 1. The minimum atomic E-state index is -3.03. The van der Waals surface area contributed by atoms with Gasteiger partial charge in [-0.05, 0) is 31.2 Å². The molecule has 0 unspecified atom stereocenters. The number of aryl methyl sites for hydroxylation is 1. The summed E-state index contributed by atoms with van der Waals surface area (Å²) >= 11 is 5.84. The van der Waals surface area contributed by atoms with E-state index in [1.807, 2.05) is 0 Å². The number of nitrogens with one attached hydrogen (secondary N) is 1. The molecule has 27 heavy (non-hydrogen) atoms. The quantitative estimate of drug-likeness (QED) is 0.619. The summed E-state index contributed by atoms with van der Waals surface area (Å²) in [7, 11) is 0. The molecule has 3 aromatic rings. The number of amides is 1. The van der Waals surface area contributed by atoms with Crippen LogP contribution < -0.4 is 5.32 Å². The molecule has 5 nitrogen and oxygen atoms in total. The average Bonchev–Trinajstić information content (AvgIpc) is 2.89. The maximum atomic E-state index is 13.3. The molecule has 0 bridgehead atoms. The van der Waals surface area contributed by atoms with E-state index >= 15 is 0 Å². The predicted molar refractivity (Wildman–Crippen MR) is 92.3 cm³/mol. The molecule has 2 heterocycles. The van der Waals surface area contributed by atoms with E-state index in [9.17, 15) is 22.4 Å². The van der Waals surface area contributed by atoms with Crippen LogP contribution in [-0.2, 0) is 11.3 Å². The van der Waals surface area contributed by atoms with Gasteiger partial charge in [0.2, 0.25) is 5.91 Å². The second kappa shape index (κ2) is 7.51. The highest BCUT2D eigenvalue weighted by molar-refractivity contribution is 6.30.